The molecule has 0 bridgehead atoms. The van der Waals surface area contributed by atoms with Crippen LogP contribution >= 0.6 is 0 Å². The number of nitrogens with one attached hydrogen (secondary N) is 2. The van der Waals surface area contributed by atoms with E-state index in [0.29, 0.717) is 18.1 Å². The molecule has 5 heteroatoms. The Hall–Kier alpha value is -0.810. The molecule has 2 N–H and O–H groups in total. The summed E-state index contributed by atoms with van der Waals surface area (Å²) in [5, 5.41) is 6.85. The summed E-state index contributed by atoms with van der Waals surface area (Å²) in [5.41, 5.74) is 0.182. The van der Waals surface area contributed by atoms with Crippen molar-refractivity contribution in [2.24, 2.45) is 16.3 Å². The van der Waals surface area contributed by atoms with Crippen molar-refractivity contribution in [2.45, 2.75) is 58.7 Å². The van der Waals surface area contributed by atoms with E-state index in [9.17, 15) is 0 Å². The first-order valence-corrected chi connectivity index (χ1v) is 8.68. The molecule has 128 valence electrons. The van der Waals surface area contributed by atoms with Gasteiger partial charge >= 0.3 is 0 Å². The summed E-state index contributed by atoms with van der Waals surface area (Å²) in [5.74, 6) is 1.41. The molecule has 2 saturated heterocycles. The zero-order valence-corrected chi connectivity index (χ0v) is 14.7. The highest BCUT2D eigenvalue weighted by atomic mass is 16.5. The van der Waals surface area contributed by atoms with Crippen LogP contribution in [0.25, 0.3) is 0 Å². The fraction of sp³-hybridized carbons (Fsp3) is 0.941. The Balaban J connectivity index is 1.78. The minimum absolute atomic E-state index is 0.182. The second kappa shape index (κ2) is 8.16. The van der Waals surface area contributed by atoms with E-state index in [1.807, 2.05) is 7.05 Å². The maximum atomic E-state index is 6.04. The quantitative estimate of drug-likeness (QED) is 0.617. The smallest absolute Gasteiger partial charge is 0.191 e. The highest BCUT2D eigenvalue weighted by Crippen LogP contribution is 2.33. The van der Waals surface area contributed by atoms with Crippen LogP contribution in [0.4, 0.5) is 0 Å². The molecule has 0 aromatic heterocycles. The van der Waals surface area contributed by atoms with E-state index in [1.165, 1.54) is 12.8 Å². The minimum Gasteiger partial charge on any atom is -0.377 e. The van der Waals surface area contributed by atoms with Crippen LogP contribution in [0.3, 0.4) is 0 Å². The van der Waals surface area contributed by atoms with Gasteiger partial charge in [-0.25, -0.2) is 0 Å². The first kappa shape index (κ1) is 17.5. The van der Waals surface area contributed by atoms with Crippen molar-refractivity contribution in [2.75, 3.05) is 33.4 Å². The van der Waals surface area contributed by atoms with Crippen LogP contribution in [0.1, 0.15) is 46.5 Å². The Morgan fingerprint density at radius 3 is 2.36 bits per heavy atom. The molecule has 0 radical (unpaired) electrons. The van der Waals surface area contributed by atoms with Crippen LogP contribution in [-0.2, 0) is 9.47 Å². The van der Waals surface area contributed by atoms with Crippen LogP contribution in [-0.4, -0.2) is 51.5 Å². The number of aliphatic imine (C=N–C) groups is 1. The summed E-state index contributed by atoms with van der Waals surface area (Å²) in [6.45, 7) is 10.3. The van der Waals surface area contributed by atoms with E-state index < -0.39 is 0 Å². The van der Waals surface area contributed by atoms with Gasteiger partial charge in [-0.05, 0) is 31.1 Å². The van der Waals surface area contributed by atoms with Crippen molar-refractivity contribution in [1.29, 1.82) is 0 Å². The SMILES string of the molecule is CN=C(NCC1CCCO1)NCC1CCCOC1C(C)(C)C. The van der Waals surface area contributed by atoms with Crippen LogP contribution in [0.2, 0.25) is 0 Å². The van der Waals surface area contributed by atoms with Gasteiger partial charge in [-0.15, -0.1) is 0 Å². The maximum absolute atomic E-state index is 6.04. The van der Waals surface area contributed by atoms with Crippen molar-refractivity contribution in [1.82, 2.24) is 10.6 Å². The average molecular weight is 311 g/mol. The lowest BCUT2D eigenvalue weighted by Gasteiger charge is -2.40. The highest BCUT2D eigenvalue weighted by molar-refractivity contribution is 5.79. The number of hydrogen-bond donors (Lipinski definition) is 2. The largest absolute Gasteiger partial charge is 0.377 e. The van der Waals surface area contributed by atoms with Crippen LogP contribution < -0.4 is 10.6 Å². The van der Waals surface area contributed by atoms with Crippen LogP contribution in [0.5, 0.6) is 0 Å². The van der Waals surface area contributed by atoms with Gasteiger partial charge in [0.1, 0.15) is 0 Å². The van der Waals surface area contributed by atoms with Crippen molar-refractivity contribution < 1.29 is 9.47 Å². The molecular formula is C17H33N3O2. The predicted octanol–water partition coefficient (Wildman–Crippen LogP) is 2.17. The second-order valence-electron chi connectivity index (χ2n) is 7.53. The summed E-state index contributed by atoms with van der Waals surface area (Å²) in [6, 6.07) is 0. The molecule has 2 heterocycles. The van der Waals surface area contributed by atoms with Crippen LogP contribution in [0.15, 0.2) is 4.99 Å². The number of hydrogen-bond acceptors (Lipinski definition) is 3. The first-order valence-electron chi connectivity index (χ1n) is 8.68. The average Bonchev–Trinajstić information content (AvgIpc) is 3.00. The second-order valence-corrected chi connectivity index (χ2v) is 7.53. The van der Waals surface area contributed by atoms with Gasteiger partial charge in [-0.2, -0.15) is 0 Å². The predicted molar refractivity (Wildman–Crippen MR) is 90.3 cm³/mol. The van der Waals surface area contributed by atoms with E-state index in [-0.39, 0.29) is 5.41 Å². The van der Waals surface area contributed by atoms with E-state index in [0.717, 1.165) is 45.1 Å². The zero-order valence-electron chi connectivity index (χ0n) is 14.7. The fourth-order valence-corrected chi connectivity index (χ4v) is 3.47. The number of nitrogens with zero attached hydrogens (tertiary/aromatic N) is 1. The van der Waals surface area contributed by atoms with E-state index >= 15 is 0 Å². The van der Waals surface area contributed by atoms with Gasteiger partial charge < -0.3 is 20.1 Å². The molecule has 0 aromatic carbocycles. The van der Waals surface area contributed by atoms with Gasteiger partial charge in [0.2, 0.25) is 0 Å². The third-order valence-electron chi connectivity index (χ3n) is 4.57. The summed E-state index contributed by atoms with van der Waals surface area (Å²) in [4.78, 5) is 4.32. The molecule has 3 atom stereocenters. The topological polar surface area (TPSA) is 54.9 Å². The molecule has 0 amide bonds. The Bertz CT molecular complexity index is 359. The number of ether oxygens (including phenoxy) is 2. The molecule has 0 spiro atoms. The molecule has 0 saturated carbocycles. The lowest BCUT2D eigenvalue weighted by atomic mass is 9.78. The minimum atomic E-state index is 0.182. The molecule has 0 aromatic rings. The molecule has 3 unspecified atom stereocenters. The maximum Gasteiger partial charge on any atom is 0.191 e. The van der Waals surface area contributed by atoms with Gasteiger partial charge in [0.25, 0.3) is 0 Å². The molecule has 5 nitrogen and oxygen atoms in total. The normalized spacial score (nSPS) is 30.4. The standard InChI is InChI=1S/C17H33N3O2/c1-17(2,3)15-13(7-5-10-22-15)11-19-16(18-4)20-12-14-8-6-9-21-14/h13-15H,5-12H2,1-4H3,(H2,18,19,20). The van der Waals surface area contributed by atoms with Gasteiger partial charge in [-0.1, -0.05) is 20.8 Å². The molecule has 22 heavy (non-hydrogen) atoms. The van der Waals surface area contributed by atoms with Crippen molar-refractivity contribution in [3.05, 3.63) is 0 Å². The third-order valence-corrected chi connectivity index (χ3v) is 4.57. The van der Waals surface area contributed by atoms with Gasteiger partial charge in [0.05, 0.1) is 12.2 Å². The molecule has 2 fully saturated rings. The molecule has 2 rings (SSSR count). The van der Waals surface area contributed by atoms with Gasteiger partial charge in [0.15, 0.2) is 5.96 Å². The number of rotatable bonds is 4. The van der Waals surface area contributed by atoms with E-state index in [4.69, 9.17) is 9.47 Å². The summed E-state index contributed by atoms with van der Waals surface area (Å²) < 4.78 is 11.7. The first-order chi connectivity index (χ1) is 10.5. The lowest BCUT2D eigenvalue weighted by molar-refractivity contribution is -0.0835. The van der Waals surface area contributed by atoms with Crippen molar-refractivity contribution in [3.63, 3.8) is 0 Å². The Labute approximate surface area is 135 Å². The monoisotopic (exact) mass is 311 g/mol. The molecule has 0 aliphatic carbocycles. The number of guanidine groups is 1. The Kier molecular flexibility index (Phi) is 6.50. The van der Waals surface area contributed by atoms with Crippen molar-refractivity contribution in [3.8, 4) is 0 Å². The van der Waals surface area contributed by atoms with Crippen molar-refractivity contribution >= 4 is 5.96 Å². The van der Waals surface area contributed by atoms with E-state index in [2.05, 4.69) is 36.4 Å². The zero-order chi connectivity index (χ0) is 16.0. The highest BCUT2D eigenvalue weighted by Gasteiger charge is 2.35. The lowest BCUT2D eigenvalue weighted by Crippen LogP contribution is -2.48. The fourth-order valence-electron chi connectivity index (χ4n) is 3.47. The summed E-state index contributed by atoms with van der Waals surface area (Å²) >= 11 is 0. The van der Waals surface area contributed by atoms with Crippen LogP contribution in [0, 0.1) is 11.3 Å². The summed E-state index contributed by atoms with van der Waals surface area (Å²) in [6.07, 6.45) is 5.33. The molecule has 2 aliphatic heterocycles. The Morgan fingerprint density at radius 2 is 1.73 bits per heavy atom. The van der Waals surface area contributed by atoms with Gasteiger partial charge in [0, 0.05) is 39.3 Å². The molecular weight excluding hydrogens is 278 g/mol. The third kappa shape index (κ3) is 5.13. The van der Waals surface area contributed by atoms with Gasteiger partial charge in [-0.3, -0.25) is 4.99 Å². The van der Waals surface area contributed by atoms with E-state index in [1.54, 1.807) is 0 Å². The molecule has 2 aliphatic rings. The Morgan fingerprint density at radius 1 is 1.05 bits per heavy atom. The summed E-state index contributed by atoms with van der Waals surface area (Å²) in [7, 11) is 1.82.